The van der Waals surface area contributed by atoms with E-state index in [1.54, 1.807) is 30.3 Å². The van der Waals surface area contributed by atoms with Crippen molar-refractivity contribution in [3.8, 4) is 5.75 Å². The Kier molecular flexibility index (Phi) is 4.64. The molecule has 7 heteroatoms. The van der Waals surface area contributed by atoms with Crippen molar-refractivity contribution in [3.05, 3.63) is 94.7 Å². The summed E-state index contributed by atoms with van der Waals surface area (Å²) in [5.74, 6) is 0.488. The number of nitrogens with zero attached hydrogens (tertiary/aromatic N) is 2. The van der Waals surface area contributed by atoms with Crippen LogP contribution in [-0.4, -0.2) is 20.6 Å². The number of aromatic hydroxyl groups is 1. The van der Waals surface area contributed by atoms with Crippen molar-refractivity contribution in [1.82, 2.24) is 9.55 Å². The van der Waals surface area contributed by atoms with E-state index in [-0.39, 0.29) is 11.7 Å². The van der Waals surface area contributed by atoms with Crippen LogP contribution < -0.4 is 10.6 Å². The van der Waals surface area contributed by atoms with E-state index in [1.807, 2.05) is 54.0 Å². The summed E-state index contributed by atoms with van der Waals surface area (Å²) in [6.45, 7) is 1.85. The number of rotatable bonds is 3. The Labute approximate surface area is 183 Å². The smallest absolute Gasteiger partial charge is 0.255 e. The van der Waals surface area contributed by atoms with E-state index in [9.17, 15) is 9.90 Å². The number of carbonyl (C=O) groups excluding carboxylic acids is 1. The van der Waals surface area contributed by atoms with E-state index in [2.05, 4.69) is 10.6 Å². The van der Waals surface area contributed by atoms with Gasteiger partial charge in [-0.3, -0.25) is 9.36 Å². The van der Waals surface area contributed by atoms with Gasteiger partial charge in [-0.1, -0.05) is 48.0 Å². The van der Waals surface area contributed by atoms with Crippen molar-refractivity contribution < 1.29 is 9.90 Å². The third kappa shape index (κ3) is 3.31. The molecule has 0 spiro atoms. The molecule has 0 aliphatic carbocycles. The zero-order chi connectivity index (χ0) is 21.5. The van der Waals surface area contributed by atoms with Crippen molar-refractivity contribution >= 4 is 40.2 Å². The number of anilines is 2. The Bertz CT molecular complexity index is 1360. The van der Waals surface area contributed by atoms with Crippen molar-refractivity contribution in [1.29, 1.82) is 0 Å². The Morgan fingerprint density at radius 1 is 1.10 bits per heavy atom. The molecule has 0 unspecified atom stereocenters. The standard InChI is InChI=1S/C24H19ClN4O2/c1-14-21(23(31)27-18-10-3-2-9-17(18)25)22(15-7-6-8-16(30)13-15)29-20-12-5-4-11-19(20)28-24(29)26-14/h2-13,22,30H,1H3,(H,26,28)(H,27,31)/t22-/m0/s1. The van der Waals surface area contributed by atoms with Gasteiger partial charge in [0.05, 0.1) is 33.4 Å². The first-order chi connectivity index (χ1) is 15.0. The highest BCUT2D eigenvalue weighted by Gasteiger charge is 2.34. The van der Waals surface area contributed by atoms with Gasteiger partial charge in [-0.15, -0.1) is 0 Å². The third-order valence-corrected chi connectivity index (χ3v) is 5.71. The molecule has 1 aliphatic heterocycles. The third-order valence-electron chi connectivity index (χ3n) is 5.38. The summed E-state index contributed by atoms with van der Waals surface area (Å²) in [6, 6.07) is 21.3. The quantitative estimate of drug-likeness (QED) is 0.411. The van der Waals surface area contributed by atoms with Crippen LogP contribution >= 0.6 is 11.6 Å². The number of hydrogen-bond acceptors (Lipinski definition) is 4. The summed E-state index contributed by atoms with van der Waals surface area (Å²) in [5.41, 5.74) is 4.20. The fourth-order valence-electron chi connectivity index (χ4n) is 4.02. The molecule has 3 N–H and O–H groups in total. The van der Waals surface area contributed by atoms with Crippen LogP contribution in [0.1, 0.15) is 18.5 Å². The second-order valence-corrected chi connectivity index (χ2v) is 7.80. The molecule has 0 bridgehead atoms. The number of carbonyl (C=O) groups is 1. The highest BCUT2D eigenvalue weighted by atomic mass is 35.5. The van der Waals surface area contributed by atoms with E-state index in [4.69, 9.17) is 16.6 Å². The summed E-state index contributed by atoms with van der Waals surface area (Å²) < 4.78 is 1.98. The van der Waals surface area contributed by atoms with Gasteiger partial charge in [-0.25, -0.2) is 4.98 Å². The van der Waals surface area contributed by atoms with Crippen LogP contribution in [0.2, 0.25) is 5.02 Å². The Hall–Kier alpha value is -3.77. The normalized spacial score (nSPS) is 15.5. The Morgan fingerprint density at radius 2 is 1.87 bits per heavy atom. The average molecular weight is 431 g/mol. The van der Waals surface area contributed by atoms with E-state index in [1.165, 1.54) is 0 Å². The average Bonchev–Trinajstić information content (AvgIpc) is 3.12. The van der Waals surface area contributed by atoms with Gasteiger partial charge in [0, 0.05) is 5.70 Å². The first kappa shape index (κ1) is 19.2. The number of phenols is 1. The predicted molar refractivity (Wildman–Crippen MR) is 122 cm³/mol. The van der Waals surface area contributed by atoms with Crippen molar-refractivity contribution in [2.75, 3.05) is 10.6 Å². The van der Waals surface area contributed by atoms with Gasteiger partial charge >= 0.3 is 0 Å². The van der Waals surface area contributed by atoms with E-state index >= 15 is 0 Å². The van der Waals surface area contributed by atoms with Gasteiger partial charge < -0.3 is 15.7 Å². The number of benzene rings is 3. The molecule has 3 aromatic carbocycles. The Balaban J connectivity index is 1.68. The molecule has 5 rings (SSSR count). The van der Waals surface area contributed by atoms with Gasteiger partial charge in [0.25, 0.3) is 5.91 Å². The summed E-state index contributed by atoms with van der Waals surface area (Å²) in [6.07, 6.45) is 0. The topological polar surface area (TPSA) is 79.2 Å². The Morgan fingerprint density at radius 3 is 2.68 bits per heavy atom. The van der Waals surface area contributed by atoms with Crippen LogP contribution in [-0.2, 0) is 4.79 Å². The molecule has 4 aromatic rings. The molecule has 0 saturated carbocycles. The van der Waals surface area contributed by atoms with E-state index in [0.29, 0.717) is 27.9 Å². The molecule has 1 aromatic heterocycles. The van der Waals surface area contributed by atoms with Gasteiger partial charge in [0.2, 0.25) is 5.95 Å². The molecule has 1 aliphatic rings. The summed E-state index contributed by atoms with van der Waals surface area (Å²) >= 11 is 6.26. The SMILES string of the molecule is CC1=C(C(=O)Nc2ccccc2Cl)[C@H](c2cccc(O)c2)n2c(nc3ccccc32)N1. The maximum atomic E-state index is 13.5. The maximum absolute atomic E-state index is 13.5. The highest BCUT2D eigenvalue weighted by molar-refractivity contribution is 6.33. The molecular formula is C24H19ClN4O2. The molecule has 154 valence electrons. The zero-order valence-electron chi connectivity index (χ0n) is 16.6. The number of amides is 1. The monoisotopic (exact) mass is 430 g/mol. The van der Waals surface area contributed by atoms with Crippen molar-refractivity contribution in [3.63, 3.8) is 0 Å². The van der Waals surface area contributed by atoms with Crippen LogP contribution in [0.25, 0.3) is 11.0 Å². The first-order valence-corrected chi connectivity index (χ1v) is 10.2. The molecule has 0 saturated heterocycles. The first-order valence-electron chi connectivity index (χ1n) is 9.82. The number of allylic oxidation sites excluding steroid dienone is 1. The fraction of sp³-hybridized carbons (Fsp3) is 0.0833. The summed E-state index contributed by atoms with van der Waals surface area (Å²) in [5, 5.41) is 16.8. The highest BCUT2D eigenvalue weighted by Crippen LogP contribution is 2.40. The maximum Gasteiger partial charge on any atom is 0.255 e. The number of hydrogen-bond donors (Lipinski definition) is 3. The minimum absolute atomic E-state index is 0.130. The lowest BCUT2D eigenvalue weighted by Gasteiger charge is -2.30. The van der Waals surface area contributed by atoms with Crippen LogP contribution in [0.4, 0.5) is 11.6 Å². The molecular weight excluding hydrogens is 412 g/mol. The minimum atomic E-state index is -0.488. The van der Waals surface area contributed by atoms with E-state index < -0.39 is 6.04 Å². The summed E-state index contributed by atoms with van der Waals surface area (Å²) in [4.78, 5) is 18.2. The number of para-hydroxylation sites is 3. The number of imidazole rings is 1. The molecule has 31 heavy (non-hydrogen) atoms. The molecule has 1 amide bonds. The zero-order valence-corrected chi connectivity index (χ0v) is 17.4. The number of nitrogens with one attached hydrogen (secondary N) is 2. The molecule has 0 radical (unpaired) electrons. The van der Waals surface area contributed by atoms with Crippen LogP contribution in [0.5, 0.6) is 5.75 Å². The number of phenolic OH excluding ortho intramolecular Hbond substituents is 1. The molecule has 1 atom stereocenters. The van der Waals surface area contributed by atoms with Gasteiger partial charge in [0.1, 0.15) is 5.75 Å². The number of halogens is 1. The van der Waals surface area contributed by atoms with E-state index in [0.717, 1.165) is 16.6 Å². The van der Waals surface area contributed by atoms with Crippen LogP contribution in [0.15, 0.2) is 84.1 Å². The lowest BCUT2D eigenvalue weighted by Crippen LogP contribution is -2.31. The number of aromatic nitrogens is 2. The number of fused-ring (bicyclic) bond motifs is 3. The van der Waals surface area contributed by atoms with Gasteiger partial charge in [0.15, 0.2) is 0 Å². The fourth-order valence-corrected chi connectivity index (χ4v) is 4.20. The lowest BCUT2D eigenvalue weighted by atomic mass is 9.94. The lowest BCUT2D eigenvalue weighted by molar-refractivity contribution is -0.113. The van der Waals surface area contributed by atoms with Crippen LogP contribution in [0, 0.1) is 0 Å². The van der Waals surface area contributed by atoms with Crippen LogP contribution in [0.3, 0.4) is 0 Å². The van der Waals surface area contributed by atoms with Gasteiger partial charge in [-0.2, -0.15) is 0 Å². The van der Waals surface area contributed by atoms with Crippen molar-refractivity contribution in [2.45, 2.75) is 13.0 Å². The largest absolute Gasteiger partial charge is 0.508 e. The van der Waals surface area contributed by atoms with Crippen molar-refractivity contribution in [2.24, 2.45) is 0 Å². The molecule has 6 nitrogen and oxygen atoms in total. The predicted octanol–water partition coefficient (Wildman–Crippen LogP) is 5.32. The molecule has 0 fully saturated rings. The van der Waals surface area contributed by atoms with Gasteiger partial charge in [-0.05, 0) is 48.9 Å². The minimum Gasteiger partial charge on any atom is -0.508 e. The second-order valence-electron chi connectivity index (χ2n) is 7.39. The molecule has 2 heterocycles. The summed E-state index contributed by atoms with van der Waals surface area (Å²) in [7, 11) is 0. The second kappa shape index (κ2) is 7.49.